The molecule has 0 amide bonds. The van der Waals surface area contributed by atoms with Gasteiger partial charge in [0.2, 0.25) is 0 Å². The lowest BCUT2D eigenvalue weighted by Crippen LogP contribution is -2.49. The van der Waals surface area contributed by atoms with E-state index in [1.54, 1.807) is 6.92 Å². The summed E-state index contributed by atoms with van der Waals surface area (Å²) in [6.45, 7) is 2.10. The van der Waals surface area contributed by atoms with E-state index in [1.165, 1.54) is 0 Å². The zero-order valence-electron chi connectivity index (χ0n) is 7.18. The van der Waals surface area contributed by atoms with Crippen molar-refractivity contribution >= 4 is 5.97 Å². The second kappa shape index (κ2) is 3.39. The van der Waals surface area contributed by atoms with Crippen LogP contribution in [0.2, 0.25) is 0 Å². The minimum Gasteiger partial charge on any atom is -0.466 e. The van der Waals surface area contributed by atoms with Crippen molar-refractivity contribution in [2.24, 2.45) is 11.7 Å². The van der Waals surface area contributed by atoms with Crippen molar-refractivity contribution in [3.05, 3.63) is 0 Å². The van der Waals surface area contributed by atoms with E-state index in [2.05, 4.69) is 0 Å². The highest BCUT2D eigenvalue weighted by molar-refractivity contribution is 5.74. The standard InChI is InChI=1S/C8H14FNO2/c1-2-12-7(11)6-3-8(9,4-6)5-10/h6H,2-5,10H2,1H3. The van der Waals surface area contributed by atoms with E-state index in [-0.39, 0.29) is 31.3 Å². The topological polar surface area (TPSA) is 52.3 Å². The minimum atomic E-state index is -1.31. The Morgan fingerprint density at radius 1 is 1.75 bits per heavy atom. The van der Waals surface area contributed by atoms with Gasteiger partial charge in [-0.1, -0.05) is 0 Å². The van der Waals surface area contributed by atoms with E-state index < -0.39 is 5.67 Å². The van der Waals surface area contributed by atoms with Crippen LogP contribution >= 0.6 is 0 Å². The van der Waals surface area contributed by atoms with Gasteiger partial charge in [-0.15, -0.1) is 0 Å². The van der Waals surface area contributed by atoms with Gasteiger partial charge in [0.05, 0.1) is 12.5 Å². The smallest absolute Gasteiger partial charge is 0.309 e. The number of carbonyl (C=O) groups is 1. The molecular formula is C8H14FNO2. The Kier molecular flexibility index (Phi) is 2.67. The third kappa shape index (κ3) is 1.75. The second-order valence-corrected chi connectivity index (χ2v) is 3.21. The van der Waals surface area contributed by atoms with E-state index in [0.717, 1.165) is 0 Å². The molecule has 0 spiro atoms. The number of alkyl halides is 1. The largest absolute Gasteiger partial charge is 0.466 e. The van der Waals surface area contributed by atoms with Gasteiger partial charge in [-0.3, -0.25) is 4.79 Å². The van der Waals surface area contributed by atoms with Gasteiger partial charge in [-0.25, -0.2) is 4.39 Å². The highest BCUT2D eigenvalue weighted by Crippen LogP contribution is 2.40. The molecule has 70 valence electrons. The molecule has 0 atom stereocenters. The summed E-state index contributed by atoms with van der Waals surface area (Å²) in [6.07, 6.45) is 0.449. The van der Waals surface area contributed by atoms with Gasteiger partial charge in [-0.05, 0) is 19.8 Å². The van der Waals surface area contributed by atoms with Crippen LogP contribution in [0.4, 0.5) is 4.39 Å². The number of hydrogen-bond donors (Lipinski definition) is 1. The summed E-state index contributed by atoms with van der Waals surface area (Å²) in [5.41, 5.74) is 3.87. The van der Waals surface area contributed by atoms with Crippen LogP contribution in [0.25, 0.3) is 0 Å². The summed E-state index contributed by atoms with van der Waals surface area (Å²) in [7, 11) is 0. The summed E-state index contributed by atoms with van der Waals surface area (Å²) in [5.74, 6) is -0.558. The molecule has 3 nitrogen and oxygen atoms in total. The third-order valence-corrected chi connectivity index (χ3v) is 2.21. The van der Waals surface area contributed by atoms with Crippen molar-refractivity contribution < 1.29 is 13.9 Å². The maximum atomic E-state index is 13.2. The van der Waals surface area contributed by atoms with Crippen molar-refractivity contribution in [2.75, 3.05) is 13.2 Å². The fourth-order valence-electron chi connectivity index (χ4n) is 1.42. The summed E-state index contributed by atoms with van der Waals surface area (Å²) in [5, 5.41) is 0. The summed E-state index contributed by atoms with van der Waals surface area (Å²) in [4.78, 5) is 11.0. The molecule has 1 aliphatic rings. The zero-order valence-corrected chi connectivity index (χ0v) is 7.18. The van der Waals surface area contributed by atoms with Crippen LogP contribution in [-0.4, -0.2) is 24.8 Å². The van der Waals surface area contributed by atoms with Crippen molar-refractivity contribution in [1.82, 2.24) is 0 Å². The lowest BCUT2D eigenvalue weighted by Gasteiger charge is -2.38. The van der Waals surface area contributed by atoms with Crippen LogP contribution in [0.3, 0.4) is 0 Å². The Hall–Kier alpha value is -0.640. The zero-order chi connectivity index (χ0) is 9.19. The first kappa shape index (κ1) is 9.45. The van der Waals surface area contributed by atoms with Crippen LogP contribution in [0.1, 0.15) is 19.8 Å². The fourth-order valence-corrected chi connectivity index (χ4v) is 1.42. The average Bonchev–Trinajstić information content (AvgIpc) is 1.99. The predicted molar refractivity (Wildman–Crippen MR) is 42.3 cm³/mol. The number of rotatable bonds is 3. The van der Waals surface area contributed by atoms with Crippen LogP contribution < -0.4 is 5.73 Å². The molecule has 0 bridgehead atoms. The van der Waals surface area contributed by atoms with Gasteiger partial charge in [0.1, 0.15) is 5.67 Å². The number of carbonyl (C=O) groups excluding carboxylic acids is 1. The molecular weight excluding hydrogens is 161 g/mol. The quantitative estimate of drug-likeness (QED) is 0.640. The van der Waals surface area contributed by atoms with E-state index in [1.807, 2.05) is 0 Å². The Morgan fingerprint density at radius 2 is 2.33 bits per heavy atom. The number of esters is 1. The highest BCUT2D eigenvalue weighted by atomic mass is 19.1. The monoisotopic (exact) mass is 175 g/mol. The summed E-state index contributed by atoms with van der Waals surface area (Å²) >= 11 is 0. The molecule has 0 unspecified atom stereocenters. The van der Waals surface area contributed by atoms with Crippen molar-refractivity contribution in [3.8, 4) is 0 Å². The molecule has 1 saturated carbocycles. The van der Waals surface area contributed by atoms with Crippen LogP contribution in [-0.2, 0) is 9.53 Å². The molecule has 1 rings (SSSR count). The van der Waals surface area contributed by atoms with Crippen LogP contribution in [0.15, 0.2) is 0 Å². The number of ether oxygens (including phenoxy) is 1. The van der Waals surface area contributed by atoms with E-state index in [4.69, 9.17) is 10.5 Å². The van der Waals surface area contributed by atoms with Gasteiger partial charge >= 0.3 is 5.97 Å². The molecule has 0 saturated heterocycles. The van der Waals surface area contributed by atoms with Crippen molar-refractivity contribution in [1.29, 1.82) is 0 Å². The maximum Gasteiger partial charge on any atom is 0.309 e. The maximum absolute atomic E-state index is 13.2. The SMILES string of the molecule is CCOC(=O)C1CC(F)(CN)C1. The lowest BCUT2D eigenvalue weighted by atomic mass is 9.72. The Morgan fingerprint density at radius 3 is 2.75 bits per heavy atom. The minimum absolute atomic E-state index is 0.00288. The van der Waals surface area contributed by atoms with Crippen LogP contribution in [0.5, 0.6) is 0 Å². The Balaban J connectivity index is 2.29. The molecule has 0 aromatic rings. The Bertz CT molecular complexity index is 178. The molecule has 0 aromatic heterocycles. The summed E-state index contributed by atoms with van der Waals surface area (Å²) < 4.78 is 17.9. The molecule has 0 radical (unpaired) electrons. The average molecular weight is 175 g/mol. The van der Waals surface area contributed by atoms with Gasteiger partial charge in [0.25, 0.3) is 0 Å². The molecule has 0 aliphatic heterocycles. The first-order valence-electron chi connectivity index (χ1n) is 4.17. The third-order valence-electron chi connectivity index (χ3n) is 2.21. The van der Waals surface area contributed by atoms with E-state index in [0.29, 0.717) is 6.61 Å². The van der Waals surface area contributed by atoms with E-state index in [9.17, 15) is 9.18 Å². The fraction of sp³-hybridized carbons (Fsp3) is 0.875. The molecule has 12 heavy (non-hydrogen) atoms. The molecule has 4 heteroatoms. The van der Waals surface area contributed by atoms with Crippen LogP contribution in [0, 0.1) is 5.92 Å². The van der Waals surface area contributed by atoms with Crippen molar-refractivity contribution in [2.45, 2.75) is 25.4 Å². The predicted octanol–water partition coefficient (Wildman–Crippen LogP) is 0.627. The van der Waals surface area contributed by atoms with Gasteiger partial charge in [-0.2, -0.15) is 0 Å². The van der Waals surface area contributed by atoms with Gasteiger partial charge in [0, 0.05) is 6.54 Å². The number of halogens is 1. The van der Waals surface area contributed by atoms with Crippen molar-refractivity contribution in [3.63, 3.8) is 0 Å². The normalized spacial score (nSPS) is 34.1. The number of hydrogen-bond acceptors (Lipinski definition) is 3. The Labute approximate surface area is 71.1 Å². The molecule has 2 N–H and O–H groups in total. The molecule has 1 aliphatic carbocycles. The second-order valence-electron chi connectivity index (χ2n) is 3.21. The molecule has 0 aromatic carbocycles. The first-order chi connectivity index (χ1) is 5.61. The highest BCUT2D eigenvalue weighted by Gasteiger charge is 2.47. The van der Waals surface area contributed by atoms with Gasteiger partial charge < -0.3 is 10.5 Å². The molecule has 0 heterocycles. The number of nitrogens with two attached hydrogens (primary N) is 1. The summed E-state index contributed by atoms with van der Waals surface area (Å²) in [6, 6.07) is 0. The van der Waals surface area contributed by atoms with Gasteiger partial charge in [0.15, 0.2) is 0 Å². The first-order valence-corrected chi connectivity index (χ1v) is 4.17. The van der Waals surface area contributed by atoms with E-state index >= 15 is 0 Å². The lowest BCUT2D eigenvalue weighted by molar-refractivity contribution is -0.157. The molecule has 1 fully saturated rings.